The first kappa shape index (κ1) is 16.7. The summed E-state index contributed by atoms with van der Waals surface area (Å²) in [5.74, 6) is 1.49. The molecule has 0 radical (unpaired) electrons. The van der Waals surface area contributed by atoms with E-state index in [0.717, 1.165) is 44.6 Å². The zero-order chi connectivity index (χ0) is 19.9. The van der Waals surface area contributed by atoms with Crippen molar-refractivity contribution >= 4 is 21.9 Å². The summed E-state index contributed by atoms with van der Waals surface area (Å²) in [5, 5.41) is 7.06. The fourth-order valence-electron chi connectivity index (χ4n) is 3.82. The maximum absolute atomic E-state index is 6.09. The summed E-state index contributed by atoms with van der Waals surface area (Å²) < 4.78 is 7.98. The van der Waals surface area contributed by atoms with Gasteiger partial charge in [0.1, 0.15) is 11.2 Å². The summed E-state index contributed by atoms with van der Waals surface area (Å²) in [7, 11) is 0. The van der Waals surface area contributed by atoms with E-state index >= 15 is 0 Å². The summed E-state index contributed by atoms with van der Waals surface area (Å²) in [6.07, 6.45) is 0. The molecule has 6 rings (SSSR count). The van der Waals surface area contributed by atoms with Gasteiger partial charge in [0.05, 0.1) is 5.69 Å². The SMILES string of the molecule is c1ccc(-c2nc(-c3ccccc3)n(-c3ccc4c(c3)oc3ccccc34)n2)cc1. The van der Waals surface area contributed by atoms with Crippen molar-refractivity contribution in [3.8, 4) is 28.5 Å². The zero-order valence-corrected chi connectivity index (χ0v) is 16.1. The first-order chi connectivity index (χ1) is 14.9. The monoisotopic (exact) mass is 387 g/mol. The lowest BCUT2D eigenvalue weighted by Crippen LogP contribution is -1.99. The number of benzene rings is 4. The van der Waals surface area contributed by atoms with Crippen molar-refractivity contribution in [2.45, 2.75) is 0 Å². The van der Waals surface area contributed by atoms with E-state index in [4.69, 9.17) is 14.5 Å². The minimum atomic E-state index is 0.694. The Balaban J connectivity index is 1.57. The molecular formula is C26H17N3O. The van der Waals surface area contributed by atoms with Crippen LogP contribution in [-0.4, -0.2) is 14.8 Å². The molecular weight excluding hydrogens is 370 g/mol. The third-order valence-electron chi connectivity index (χ3n) is 5.28. The molecule has 0 fully saturated rings. The van der Waals surface area contributed by atoms with Gasteiger partial charge in [-0.2, -0.15) is 0 Å². The van der Waals surface area contributed by atoms with Crippen LogP contribution in [0.15, 0.2) is 108 Å². The Morgan fingerprint density at radius 3 is 2.07 bits per heavy atom. The molecule has 0 aliphatic carbocycles. The molecule has 0 N–H and O–H groups in total. The van der Waals surface area contributed by atoms with E-state index in [1.54, 1.807) is 0 Å². The number of aromatic nitrogens is 3. The number of hydrogen-bond acceptors (Lipinski definition) is 3. The molecule has 142 valence electrons. The number of nitrogens with zero attached hydrogens (tertiary/aromatic N) is 3. The average Bonchev–Trinajstić information content (AvgIpc) is 3.42. The number of para-hydroxylation sites is 1. The van der Waals surface area contributed by atoms with Gasteiger partial charge < -0.3 is 4.42 Å². The maximum atomic E-state index is 6.09. The molecule has 2 heterocycles. The Hall–Kier alpha value is -4.18. The van der Waals surface area contributed by atoms with Crippen LogP contribution in [0.25, 0.3) is 50.4 Å². The molecule has 0 saturated carbocycles. The molecule has 0 spiro atoms. The molecule has 2 aromatic heterocycles. The van der Waals surface area contributed by atoms with Crippen molar-refractivity contribution in [1.82, 2.24) is 14.8 Å². The lowest BCUT2D eigenvalue weighted by atomic mass is 10.1. The van der Waals surface area contributed by atoms with Gasteiger partial charge in [-0.1, -0.05) is 78.9 Å². The van der Waals surface area contributed by atoms with Crippen LogP contribution in [0.5, 0.6) is 0 Å². The van der Waals surface area contributed by atoms with E-state index in [1.165, 1.54) is 0 Å². The molecule has 0 bridgehead atoms. The van der Waals surface area contributed by atoms with Crippen LogP contribution in [-0.2, 0) is 0 Å². The van der Waals surface area contributed by atoms with Gasteiger partial charge in [0.2, 0.25) is 0 Å². The number of rotatable bonds is 3. The van der Waals surface area contributed by atoms with Crippen LogP contribution >= 0.6 is 0 Å². The standard InChI is InChI=1S/C26H17N3O/c1-3-9-18(10-4-1)25-27-26(19-11-5-2-6-12-19)29(28-25)20-15-16-22-21-13-7-8-14-23(21)30-24(22)17-20/h1-17H. The maximum Gasteiger partial charge on any atom is 0.182 e. The van der Waals surface area contributed by atoms with E-state index in [2.05, 4.69) is 30.3 Å². The number of furan rings is 1. The predicted molar refractivity (Wildman–Crippen MR) is 120 cm³/mol. The molecule has 0 saturated heterocycles. The molecule has 0 atom stereocenters. The third kappa shape index (κ3) is 2.70. The van der Waals surface area contributed by atoms with E-state index in [-0.39, 0.29) is 0 Å². The summed E-state index contributed by atoms with van der Waals surface area (Å²) in [6.45, 7) is 0. The smallest absolute Gasteiger partial charge is 0.182 e. The van der Waals surface area contributed by atoms with Gasteiger partial charge in [-0.05, 0) is 18.2 Å². The van der Waals surface area contributed by atoms with Crippen molar-refractivity contribution in [2.75, 3.05) is 0 Å². The highest BCUT2D eigenvalue weighted by Crippen LogP contribution is 2.31. The summed E-state index contributed by atoms with van der Waals surface area (Å²) in [5.41, 5.74) is 4.63. The van der Waals surface area contributed by atoms with Crippen LogP contribution < -0.4 is 0 Å². The molecule has 0 unspecified atom stereocenters. The van der Waals surface area contributed by atoms with E-state index < -0.39 is 0 Å². The third-order valence-corrected chi connectivity index (χ3v) is 5.28. The normalized spacial score (nSPS) is 11.3. The average molecular weight is 387 g/mol. The van der Waals surface area contributed by atoms with Gasteiger partial charge in [-0.15, -0.1) is 5.10 Å². The lowest BCUT2D eigenvalue weighted by Gasteiger charge is -2.06. The van der Waals surface area contributed by atoms with Gasteiger partial charge >= 0.3 is 0 Å². The molecule has 0 aliphatic rings. The minimum Gasteiger partial charge on any atom is -0.456 e. The quantitative estimate of drug-likeness (QED) is 0.348. The Kier molecular flexibility index (Phi) is 3.74. The predicted octanol–water partition coefficient (Wildman–Crippen LogP) is 6.50. The second-order valence-corrected chi connectivity index (χ2v) is 7.18. The Morgan fingerprint density at radius 2 is 1.27 bits per heavy atom. The number of fused-ring (bicyclic) bond motifs is 3. The van der Waals surface area contributed by atoms with Gasteiger partial charge in [0.15, 0.2) is 11.6 Å². The first-order valence-electron chi connectivity index (χ1n) is 9.86. The minimum absolute atomic E-state index is 0.694. The molecule has 0 amide bonds. The van der Waals surface area contributed by atoms with Crippen molar-refractivity contribution in [1.29, 1.82) is 0 Å². The van der Waals surface area contributed by atoms with Gasteiger partial charge in [-0.3, -0.25) is 0 Å². The largest absolute Gasteiger partial charge is 0.456 e. The van der Waals surface area contributed by atoms with Gasteiger partial charge in [0, 0.05) is 28.0 Å². The highest BCUT2D eigenvalue weighted by molar-refractivity contribution is 6.05. The van der Waals surface area contributed by atoms with E-state index in [9.17, 15) is 0 Å². The van der Waals surface area contributed by atoms with Crippen molar-refractivity contribution < 1.29 is 4.42 Å². The fourth-order valence-corrected chi connectivity index (χ4v) is 3.82. The fraction of sp³-hybridized carbons (Fsp3) is 0. The Labute approximate surface area is 173 Å². The van der Waals surface area contributed by atoms with Crippen LogP contribution in [0.3, 0.4) is 0 Å². The van der Waals surface area contributed by atoms with Crippen molar-refractivity contribution in [3.05, 3.63) is 103 Å². The van der Waals surface area contributed by atoms with Crippen molar-refractivity contribution in [2.24, 2.45) is 0 Å². The summed E-state index contributed by atoms with van der Waals surface area (Å²) in [4.78, 5) is 4.87. The van der Waals surface area contributed by atoms with E-state index in [1.807, 2.05) is 77.5 Å². The van der Waals surface area contributed by atoms with E-state index in [0.29, 0.717) is 5.82 Å². The Morgan fingerprint density at radius 1 is 0.600 bits per heavy atom. The molecule has 0 aliphatic heterocycles. The zero-order valence-electron chi connectivity index (χ0n) is 16.1. The van der Waals surface area contributed by atoms with Crippen LogP contribution in [0.1, 0.15) is 0 Å². The number of hydrogen-bond donors (Lipinski definition) is 0. The first-order valence-corrected chi connectivity index (χ1v) is 9.86. The highest BCUT2D eigenvalue weighted by Gasteiger charge is 2.16. The van der Waals surface area contributed by atoms with Crippen LogP contribution in [0.2, 0.25) is 0 Å². The van der Waals surface area contributed by atoms with Gasteiger partial charge in [0.25, 0.3) is 0 Å². The molecule has 4 nitrogen and oxygen atoms in total. The second kappa shape index (κ2) is 6.71. The van der Waals surface area contributed by atoms with Crippen LogP contribution in [0, 0.1) is 0 Å². The molecule has 4 aromatic carbocycles. The molecule has 6 aromatic rings. The van der Waals surface area contributed by atoms with Gasteiger partial charge in [-0.25, -0.2) is 9.67 Å². The van der Waals surface area contributed by atoms with Crippen LogP contribution in [0.4, 0.5) is 0 Å². The second-order valence-electron chi connectivity index (χ2n) is 7.18. The topological polar surface area (TPSA) is 43.9 Å². The lowest BCUT2D eigenvalue weighted by molar-refractivity contribution is 0.668. The molecule has 4 heteroatoms. The summed E-state index contributed by atoms with van der Waals surface area (Å²) in [6, 6.07) is 34.5. The Bertz CT molecular complexity index is 1480. The summed E-state index contributed by atoms with van der Waals surface area (Å²) >= 11 is 0. The highest BCUT2D eigenvalue weighted by atomic mass is 16.3. The van der Waals surface area contributed by atoms with Crippen molar-refractivity contribution in [3.63, 3.8) is 0 Å². The molecule has 30 heavy (non-hydrogen) atoms.